The fourth-order valence-electron chi connectivity index (χ4n) is 2.89. The summed E-state index contributed by atoms with van der Waals surface area (Å²) in [6.45, 7) is 5.08. The average Bonchev–Trinajstić information content (AvgIpc) is 2.45. The van der Waals surface area contributed by atoms with Gasteiger partial charge in [0.1, 0.15) is 0 Å². The van der Waals surface area contributed by atoms with Crippen molar-refractivity contribution in [3.63, 3.8) is 0 Å². The topological polar surface area (TPSA) is 35.6 Å². The highest BCUT2D eigenvalue weighted by atomic mass is 16.1. The predicted octanol–water partition coefficient (Wildman–Crippen LogP) is 1.85. The Balaban J connectivity index is 1.50. The van der Waals surface area contributed by atoms with Crippen molar-refractivity contribution in [2.24, 2.45) is 5.92 Å². The highest BCUT2D eigenvalue weighted by Crippen LogP contribution is 2.26. The zero-order valence-electron chi connectivity index (χ0n) is 12.8. The molecule has 0 aromatic heterocycles. The third kappa shape index (κ3) is 3.56. The molecule has 1 amide bonds. The third-order valence-corrected chi connectivity index (χ3v) is 4.75. The molecule has 1 aromatic rings. The van der Waals surface area contributed by atoms with E-state index in [2.05, 4.69) is 46.4 Å². The summed E-state index contributed by atoms with van der Waals surface area (Å²) >= 11 is 0. The monoisotopic (exact) mass is 287 g/mol. The van der Waals surface area contributed by atoms with E-state index >= 15 is 0 Å². The van der Waals surface area contributed by atoms with E-state index in [1.807, 2.05) is 0 Å². The highest BCUT2D eigenvalue weighted by molar-refractivity contribution is 5.79. The standard InChI is InChI=1S/C17H25N3O/c1-19-9-11-20(12-10-19)16-7-5-14(6-8-16)13-18-17(21)15-3-2-4-15/h5-8,15H,2-4,9-13H2,1H3,(H,18,21). The van der Waals surface area contributed by atoms with Gasteiger partial charge in [-0.3, -0.25) is 4.79 Å². The molecule has 0 bridgehead atoms. The molecule has 0 atom stereocenters. The van der Waals surface area contributed by atoms with Gasteiger partial charge in [0.2, 0.25) is 5.91 Å². The van der Waals surface area contributed by atoms with E-state index in [0.717, 1.165) is 39.0 Å². The molecular weight excluding hydrogens is 262 g/mol. The number of rotatable bonds is 4. The summed E-state index contributed by atoms with van der Waals surface area (Å²) in [7, 11) is 2.17. The molecule has 114 valence electrons. The Hall–Kier alpha value is -1.55. The Bertz CT molecular complexity index is 473. The Kier molecular flexibility index (Phi) is 4.44. The summed E-state index contributed by atoms with van der Waals surface area (Å²) in [5.74, 6) is 0.499. The van der Waals surface area contributed by atoms with Crippen molar-refractivity contribution in [2.75, 3.05) is 38.1 Å². The highest BCUT2D eigenvalue weighted by Gasteiger charge is 2.24. The number of nitrogens with zero attached hydrogens (tertiary/aromatic N) is 2. The lowest BCUT2D eigenvalue weighted by atomic mass is 9.85. The minimum absolute atomic E-state index is 0.226. The van der Waals surface area contributed by atoms with Crippen molar-refractivity contribution in [1.82, 2.24) is 10.2 Å². The van der Waals surface area contributed by atoms with Gasteiger partial charge >= 0.3 is 0 Å². The molecule has 2 aliphatic rings. The fraction of sp³-hybridized carbons (Fsp3) is 0.588. The van der Waals surface area contributed by atoms with E-state index in [-0.39, 0.29) is 11.8 Å². The summed E-state index contributed by atoms with van der Waals surface area (Å²) in [6.07, 6.45) is 3.33. The van der Waals surface area contributed by atoms with Crippen LogP contribution in [0.2, 0.25) is 0 Å². The van der Waals surface area contributed by atoms with Crippen LogP contribution in [0.4, 0.5) is 5.69 Å². The molecule has 0 radical (unpaired) electrons. The van der Waals surface area contributed by atoms with Gasteiger partial charge in [-0.25, -0.2) is 0 Å². The van der Waals surface area contributed by atoms with Gasteiger partial charge in [-0.2, -0.15) is 0 Å². The van der Waals surface area contributed by atoms with Crippen LogP contribution in [-0.4, -0.2) is 44.0 Å². The van der Waals surface area contributed by atoms with E-state index in [1.165, 1.54) is 17.7 Å². The van der Waals surface area contributed by atoms with Gasteiger partial charge in [0, 0.05) is 44.3 Å². The summed E-state index contributed by atoms with van der Waals surface area (Å²) in [4.78, 5) is 16.6. The molecule has 3 rings (SSSR count). The number of likely N-dealkylation sites (N-methyl/N-ethyl adjacent to an activating group) is 1. The summed E-state index contributed by atoms with van der Waals surface area (Å²) in [5.41, 5.74) is 2.47. The quantitative estimate of drug-likeness (QED) is 0.918. The Morgan fingerprint density at radius 3 is 2.38 bits per heavy atom. The average molecular weight is 287 g/mol. The third-order valence-electron chi connectivity index (χ3n) is 4.75. The zero-order valence-corrected chi connectivity index (χ0v) is 12.8. The second-order valence-electron chi connectivity index (χ2n) is 6.30. The van der Waals surface area contributed by atoms with Crippen molar-refractivity contribution in [1.29, 1.82) is 0 Å². The molecule has 1 aliphatic heterocycles. The van der Waals surface area contributed by atoms with Crippen LogP contribution in [0.5, 0.6) is 0 Å². The number of nitrogens with one attached hydrogen (secondary N) is 1. The van der Waals surface area contributed by atoms with Crippen molar-refractivity contribution in [3.8, 4) is 0 Å². The molecule has 0 unspecified atom stereocenters. The second-order valence-corrected chi connectivity index (χ2v) is 6.30. The van der Waals surface area contributed by atoms with E-state index < -0.39 is 0 Å². The first-order valence-electron chi connectivity index (χ1n) is 8.02. The summed E-state index contributed by atoms with van der Waals surface area (Å²) in [6, 6.07) is 8.62. The predicted molar refractivity (Wildman–Crippen MR) is 85.3 cm³/mol. The number of carbonyl (C=O) groups is 1. The molecule has 1 aliphatic carbocycles. The first-order chi connectivity index (χ1) is 10.2. The molecule has 4 heteroatoms. The number of anilines is 1. The molecular formula is C17H25N3O. The maximum Gasteiger partial charge on any atom is 0.223 e. The van der Waals surface area contributed by atoms with Crippen LogP contribution in [0.15, 0.2) is 24.3 Å². The van der Waals surface area contributed by atoms with Gasteiger partial charge in [0.25, 0.3) is 0 Å². The fourth-order valence-corrected chi connectivity index (χ4v) is 2.89. The molecule has 2 fully saturated rings. The lowest BCUT2D eigenvalue weighted by Gasteiger charge is -2.34. The first kappa shape index (κ1) is 14.4. The SMILES string of the molecule is CN1CCN(c2ccc(CNC(=O)C3CCC3)cc2)CC1. The minimum atomic E-state index is 0.226. The molecule has 1 saturated carbocycles. The van der Waals surface area contributed by atoms with E-state index in [4.69, 9.17) is 0 Å². The van der Waals surface area contributed by atoms with E-state index in [1.54, 1.807) is 0 Å². The minimum Gasteiger partial charge on any atom is -0.369 e. The lowest BCUT2D eigenvalue weighted by molar-refractivity contribution is -0.127. The van der Waals surface area contributed by atoms with Crippen molar-refractivity contribution >= 4 is 11.6 Å². The smallest absolute Gasteiger partial charge is 0.223 e. The van der Waals surface area contributed by atoms with Crippen LogP contribution in [0.25, 0.3) is 0 Å². The number of carbonyl (C=O) groups excluding carboxylic acids is 1. The Morgan fingerprint density at radius 1 is 1.14 bits per heavy atom. The molecule has 0 spiro atoms. The van der Waals surface area contributed by atoms with Crippen LogP contribution in [-0.2, 0) is 11.3 Å². The van der Waals surface area contributed by atoms with Crippen molar-refractivity contribution < 1.29 is 4.79 Å². The van der Waals surface area contributed by atoms with Crippen LogP contribution < -0.4 is 10.2 Å². The van der Waals surface area contributed by atoms with E-state index in [9.17, 15) is 4.79 Å². The largest absolute Gasteiger partial charge is 0.369 e. The van der Waals surface area contributed by atoms with Gasteiger partial charge in [-0.05, 0) is 37.6 Å². The van der Waals surface area contributed by atoms with Crippen LogP contribution in [0.1, 0.15) is 24.8 Å². The van der Waals surface area contributed by atoms with Gasteiger partial charge in [0.05, 0.1) is 0 Å². The van der Waals surface area contributed by atoms with Crippen molar-refractivity contribution in [3.05, 3.63) is 29.8 Å². The maximum atomic E-state index is 11.8. The number of piperazine rings is 1. The maximum absolute atomic E-state index is 11.8. The first-order valence-corrected chi connectivity index (χ1v) is 8.02. The van der Waals surface area contributed by atoms with Gasteiger partial charge in [-0.15, -0.1) is 0 Å². The summed E-state index contributed by atoms with van der Waals surface area (Å²) in [5, 5.41) is 3.05. The van der Waals surface area contributed by atoms with Crippen LogP contribution >= 0.6 is 0 Å². The Morgan fingerprint density at radius 2 is 1.81 bits per heavy atom. The summed E-state index contributed by atoms with van der Waals surface area (Å²) < 4.78 is 0. The number of hydrogen-bond acceptors (Lipinski definition) is 3. The second kappa shape index (κ2) is 6.48. The molecule has 1 heterocycles. The molecule has 4 nitrogen and oxygen atoms in total. The van der Waals surface area contributed by atoms with Crippen LogP contribution in [0.3, 0.4) is 0 Å². The van der Waals surface area contributed by atoms with E-state index in [0.29, 0.717) is 6.54 Å². The molecule has 1 N–H and O–H groups in total. The zero-order chi connectivity index (χ0) is 14.7. The number of hydrogen-bond donors (Lipinski definition) is 1. The van der Waals surface area contributed by atoms with Crippen molar-refractivity contribution in [2.45, 2.75) is 25.8 Å². The van der Waals surface area contributed by atoms with Gasteiger partial charge < -0.3 is 15.1 Å². The van der Waals surface area contributed by atoms with Crippen LogP contribution in [0, 0.1) is 5.92 Å². The normalized spacial score (nSPS) is 20.1. The lowest BCUT2D eigenvalue weighted by Crippen LogP contribution is -2.44. The van der Waals surface area contributed by atoms with Gasteiger partial charge in [-0.1, -0.05) is 18.6 Å². The van der Waals surface area contributed by atoms with Gasteiger partial charge in [0.15, 0.2) is 0 Å². The number of benzene rings is 1. The molecule has 1 aromatic carbocycles. The Labute approximate surface area is 127 Å². The number of amides is 1. The molecule has 1 saturated heterocycles. The molecule has 21 heavy (non-hydrogen) atoms.